The molecule has 0 heterocycles. The Balaban J connectivity index is 1.86. The normalized spacial score (nSPS) is 49.2. The Bertz CT molecular complexity index is 760. The smallest absolute Gasteiger partial charge is 0.303 e. The Hall–Kier alpha value is -1.63. The molecule has 0 amide bonds. The van der Waals surface area contributed by atoms with Crippen LogP contribution < -0.4 is 0 Å². The second kappa shape index (κ2) is 5.49. The van der Waals surface area contributed by atoms with Crippen LogP contribution in [0.5, 0.6) is 0 Å². The quantitative estimate of drug-likeness (QED) is 0.574. The number of hydrogen-bond donors (Lipinski definition) is 1. The molecular weight excluding hydrogens is 364 g/mol. The fraction of sp³-hybridized carbons (Fsp3) is 0.857. The van der Waals surface area contributed by atoms with Gasteiger partial charge in [-0.25, -0.2) is 0 Å². The molecule has 5 aliphatic rings. The highest BCUT2D eigenvalue weighted by molar-refractivity contribution is 5.68. The molecule has 5 rings (SSSR count). The van der Waals surface area contributed by atoms with E-state index in [-0.39, 0.29) is 36.0 Å². The van der Waals surface area contributed by atoms with Crippen LogP contribution in [0.4, 0.5) is 0 Å². The summed E-state index contributed by atoms with van der Waals surface area (Å²) in [5.74, 6) is -0.609. The van der Waals surface area contributed by atoms with Gasteiger partial charge in [-0.2, -0.15) is 0 Å². The lowest BCUT2D eigenvalue weighted by Crippen LogP contribution is -2.67. The van der Waals surface area contributed by atoms with Gasteiger partial charge < -0.3 is 19.3 Å². The fourth-order valence-electron chi connectivity index (χ4n) is 8.10. The van der Waals surface area contributed by atoms with Crippen LogP contribution in [0.1, 0.15) is 54.4 Å². The summed E-state index contributed by atoms with van der Waals surface area (Å²) in [4.78, 5) is 35.4. The number of rotatable bonds is 4. The minimum Gasteiger partial charge on any atom is -0.465 e. The molecule has 7 nitrogen and oxygen atoms in total. The second-order valence-electron chi connectivity index (χ2n) is 10.1. The average molecular weight is 394 g/mol. The molecule has 1 N–H and O–H groups in total. The average Bonchev–Trinajstić information content (AvgIpc) is 2.80. The summed E-state index contributed by atoms with van der Waals surface area (Å²) in [6.45, 7) is 10.4. The predicted molar refractivity (Wildman–Crippen MR) is 96.7 cm³/mol. The van der Waals surface area contributed by atoms with Crippen molar-refractivity contribution in [2.24, 2.45) is 33.5 Å². The van der Waals surface area contributed by atoms with Gasteiger partial charge >= 0.3 is 17.9 Å². The van der Waals surface area contributed by atoms with Crippen LogP contribution in [0.3, 0.4) is 0 Å². The lowest BCUT2D eigenvalue weighted by molar-refractivity contribution is -0.248. The Morgan fingerprint density at radius 2 is 1.57 bits per heavy atom. The molecule has 0 aliphatic heterocycles. The number of esters is 3. The molecule has 5 fully saturated rings. The van der Waals surface area contributed by atoms with Crippen LogP contribution in [0.2, 0.25) is 0 Å². The Labute approximate surface area is 165 Å². The van der Waals surface area contributed by atoms with Crippen LogP contribution in [0.15, 0.2) is 0 Å². The third-order valence-electron chi connectivity index (χ3n) is 8.69. The molecule has 0 aromatic carbocycles. The fourth-order valence-corrected chi connectivity index (χ4v) is 8.10. The molecule has 4 bridgehead atoms. The van der Waals surface area contributed by atoms with Crippen molar-refractivity contribution < 1.29 is 33.7 Å². The van der Waals surface area contributed by atoms with Crippen molar-refractivity contribution in [1.82, 2.24) is 0 Å². The molecule has 28 heavy (non-hydrogen) atoms. The SMILES string of the molecule is CC(=O)OC[C@]12C[C@H](O)[C@H](OC(C)=O)C(C)(C)[C@@]13CC1[C@H]2[C@]1(C)[C@H]3OC(C)=O. The van der Waals surface area contributed by atoms with Crippen molar-refractivity contribution in [3.05, 3.63) is 0 Å². The van der Waals surface area contributed by atoms with E-state index in [1.165, 1.54) is 20.8 Å². The zero-order chi connectivity index (χ0) is 20.9. The van der Waals surface area contributed by atoms with Gasteiger partial charge in [0.15, 0.2) is 0 Å². The van der Waals surface area contributed by atoms with Gasteiger partial charge in [-0.3, -0.25) is 14.4 Å². The summed E-state index contributed by atoms with van der Waals surface area (Å²) in [6.07, 6.45) is -0.777. The molecule has 156 valence electrons. The summed E-state index contributed by atoms with van der Waals surface area (Å²) in [5, 5.41) is 11.0. The maximum absolute atomic E-state index is 12.0. The van der Waals surface area contributed by atoms with E-state index in [0.717, 1.165) is 6.42 Å². The van der Waals surface area contributed by atoms with Crippen molar-refractivity contribution in [3.63, 3.8) is 0 Å². The molecule has 1 spiro atoms. The highest BCUT2D eigenvalue weighted by Crippen LogP contribution is 2.95. The van der Waals surface area contributed by atoms with Crippen molar-refractivity contribution >= 4 is 17.9 Å². The lowest BCUT2D eigenvalue weighted by atomic mass is 9.46. The first kappa shape index (κ1) is 19.7. The highest BCUT2D eigenvalue weighted by Gasteiger charge is 2.97. The first-order chi connectivity index (χ1) is 12.9. The largest absolute Gasteiger partial charge is 0.465 e. The minimum absolute atomic E-state index is 0.185. The predicted octanol–water partition coefficient (Wildman–Crippen LogP) is 1.85. The number of hydrogen-bond acceptors (Lipinski definition) is 7. The van der Waals surface area contributed by atoms with E-state index < -0.39 is 34.4 Å². The third kappa shape index (κ3) is 1.96. The van der Waals surface area contributed by atoms with Crippen molar-refractivity contribution in [3.8, 4) is 0 Å². The molecular formula is C21H30O7. The van der Waals surface area contributed by atoms with E-state index >= 15 is 0 Å². The standard InChI is InChI=1S/C21H30O7/c1-10(22)26-9-20-8-14(25)16(27-11(2)23)18(4,5)21(20)7-13-15(20)19(13,6)17(21)28-12(3)24/h13-17,25H,7-9H2,1-6H3/t13?,14-,15-,16-,17+,19+,20-,21-/m0/s1. The molecule has 1 unspecified atom stereocenters. The Morgan fingerprint density at radius 3 is 2.11 bits per heavy atom. The number of carbonyl (C=O) groups excluding carboxylic acids is 3. The second-order valence-corrected chi connectivity index (χ2v) is 10.1. The number of ether oxygens (including phenoxy) is 3. The van der Waals surface area contributed by atoms with Crippen LogP contribution in [-0.2, 0) is 28.6 Å². The van der Waals surface area contributed by atoms with Crippen molar-refractivity contribution in [2.75, 3.05) is 6.61 Å². The van der Waals surface area contributed by atoms with E-state index in [1.54, 1.807) is 0 Å². The first-order valence-electron chi connectivity index (χ1n) is 10.0. The van der Waals surface area contributed by atoms with Gasteiger partial charge in [-0.1, -0.05) is 20.8 Å². The van der Waals surface area contributed by atoms with E-state index in [9.17, 15) is 19.5 Å². The molecule has 5 saturated carbocycles. The van der Waals surface area contributed by atoms with Gasteiger partial charge in [0, 0.05) is 42.4 Å². The van der Waals surface area contributed by atoms with E-state index in [0.29, 0.717) is 12.3 Å². The van der Waals surface area contributed by atoms with E-state index in [4.69, 9.17) is 14.2 Å². The van der Waals surface area contributed by atoms with Crippen LogP contribution in [0, 0.1) is 33.5 Å². The van der Waals surface area contributed by atoms with Crippen LogP contribution >= 0.6 is 0 Å². The highest BCUT2D eigenvalue weighted by atomic mass is 16.6. The number of aliphatic hydroxyl groups is 1. The summed E-state index contributed by atoms with van der Waals surface area (Å²) in [7, 11) is 0. The van der Waals surface area contributed by atoms with Gasteiger partial charge in [0.1, 0.15) is 12.2 Å². The molecule has 0 saturated heterocycles. The van der Waals surface area contributed by atoms with E-state index in [2.05, 4.69) is 6.92 Å². The summed E-state index contributed by atoms with van der Waals surface area (Å²) in [5.41, 5.74) is -1.91. The molecule has 0 aromatic rings. The Kier molecular flexibility index (Phi) is 3.86. The minimum atomic E-state index is -0.873. The van der Waals surface area contributed by atoms with Gasteiger partial charge in [-0.15, -0.1) is 0 Å². The Morgan fingerprint density at radius 1 is 0.964 bits per heavy atom. The summed E-state index contributed by atoms with van der Waals surface area (Å²) in [6, 6.07) is 0. The van der Waals surface area contributed by atoms with Gasteiger partial charge in [-0.05, 0) is 24.7 Å². The first-order valence-corrected chi connectivity index (χ1v) is 10.0. The van der Waals surface area contributed by atoms with Crippen LogP contribution in [0.25, 0.3) is 0 Å². The molecule has 8 atom stereocenters. The molecule has 0 radical (unpaired) electrons. The van der Waals surface area contributed by atoms with Crippen molar-refractivity contribution in [2.45, 2.75) is 72.7 Å². The van der Waals surface area contributed by atoms with Gasteiger partial charge in [0.2, 0.25) is 0 Å². The maximum atomic E-state index is 12.0. The van der Waals surface area contributed by atoms with Crippen LogP contribution in [-0.4, -0.2) is 47.9 Å². The molecule has 0 aromatic heterocycles. The zero-order valence-corrected chi connectivity index (χ0v) is 17.4. The molecule has 5 aliphatic carbocycles. The molecule has 7 heteroatoms. The number of aliphatic hydroxyl groups excluding tert-OH is 1. The monoisotopic (exact) mass is 394 g/mol. The maximum Gasteiger partial charge on any atom is 0.303 e. The lowest BCUT2D eigenvalue weighted by Gasteiger charge is -2.61. The summed E-state index contributed by atoms with van der Waals surface area (Å²) < 4.78 is 17.1. The van der Waals surface area contributed by atoms with Gasteiger partial charge in [0.05, 0.1) is 12.7 Å². The van der Waals surface area contributed by atoms with Gasteiger partial charge in [0.25, 0.3) is 0 Å². The van der Waals surface area contributed by atoms with E-state index in [1.807, 2.05) is 13.8 Å². The third-order valence-corrected chi connectivity index (χ3v) is 8.69. The topological polar surface area (TPSA) is 99.1 Å². The zero-order valence-electron chi connectivity index (χ0n) is 17.4. The summed E-state index contributed by atoms with van der Waals surface area (Å²) >= 11 is 0. The number of carbonyl (C=O) groups is 3. The van der Waals surface area contributed by atoms with Crippen molar-refractivity contribution in [1.29, 1.82) is 0 Å².